The lowest BCUT2D eigenvalue weighted by molar-refractivity contribution is 0.0879. The van der Waals surface area contributed by atoms with Crippen LogP contribution in [0, 0.1) is 6.92 Å². The number of rotatable bonds is 3. The summed E-state index contributed by atoms with van der Waals surface area (Å²) in [5, 5.41) is 5.44. The quantitative estimate of drug-likeness (QED) is 0.819. The van der Waals surface area contributed by atoms with E-state index in [0.29, 0.717) is 23.5 Å². The van der Waals surface area contributed by atoms with Gasteiger partial charge in [-0.3, -0.25) is 14.9 Å². The number of hydrogen-bond donors (Lipinski definition) is 2. The van der Waals surface area contributed by atoms with Crippen molar-refractivity contribution in [3.8, 4) is 0 Å². The Kier molecular flexibility index (Phi) is 2.90. The van der Waals surface area contributed by atoms with Crippen LogP contribution >= 0.6 is 0 Å². The second-order valence-corrected chi connectivity index (χ2v) is 4.49. The molecule has 0 saturated carbocycles. The van der Waals surface area contributed by atoms with Gasteiger partial charge in [0.2, 0.25) is 0 Å². The molecule has 1 aromatic carbocycles. The summed E-state index contributed by atoms with van der Waals surface area (Å²) in [7, 11) is 0. The molecule has 0 fully saturated rings. The minimum Gasteiger partial charge on any atom is -0.379 e. The highest BCUT2D eigenvalue weighted by atomic mass is 16.2. The minimum absolute atomic E-state index is 0.344. The summed E-state index contributed by atoms with van der Waals surface area (Å²) in [4.78, 5) is 31.3. The second-order valence-electron chi connectivity index (χ2n) is 4.49. The van der Waals surface area contributed by atoms with Crippen LogP contribution in [-0.4, -0.2) is 21.8 Å². The van der Waals surface area contributed by atoms with Crippen molar-refractivity contribution in [2.75, 3.05) is 5.32 Å². The fourth-order valence-corrected chi connectivity index (χ4v) is 2.07. The Hall–Kier alpha value is -2.76. The van der Waals surface area contributed by atoms with E-state index in [-0.39, 0.29) is 11.8 Å². The largest absolute Gasteiger partial charge is 0.379 e. The lowest BCUT2D eigenvalue weighted by atomic mass is 10.1. The van der Waals surface area contributed by atoms with Gasteiger partial charge in [-0.1, -0.05) is 0 Å². The van der Waals surface area contributed by atoms with E-state index in [2.05, 4.69) is 20.6 Å². The first-order valence-corrected chi connectivity index (χ1v) is 6.15. The zero-order chi connectivity index (χ0) is 14.1. The molecule has 0 radical (unpaired) electrons. The second kappa shape index (κ2) is 4.73. The number of amides is 2. The van der Waals surface area contributed by atoms with E-state index in [0.717, 1.165) is 11.4 Å². The number of aromatic nitrogens is 2. The van der Waals surface area contributed by atoms with Crippen molar-refractivity contribution in [2.45, 2.75) is 13.5 Å². The third-order valence-corrected chi connectivity index (χ3v) is 3.04. The lowest BCUT2D eigenvalue weighted by Gasteiger charge is -2.07. The molecule has 1 aliphatic rings. The lowest BCUT2D eigenvalue weighted by Crippen LogP contribution is -2.19. The van der Waals surface area contributed by atoms with Gasteiger partial charge in [0, 0.05) is 11.9 Å². The van der Waals surface area contributed by atoms with E-state index in [9.17, 15) is 9.59 Å². The van der Waals surface area contributed by atoms with Gasteiger partial charge in [0.25, 0.3) is 11.8 Å². The maximum absolute atomic E-state index is 11.6. The predicted octanol–water partition coefficient (Wildman–Crippen LogP) is 1.28. The van der Waals surface area contributed by atoms with Gasteiger partial charge in [-0.25, -0.2) is 9.97 Å². The maximum atomic E-state index is 11.6. The Labute approximate surface area is 115 Å². The molecule has 0 atom stereocenters. The van der Waals surface area contributed by atoms with Gasteiger partial charge in [0.1, 0.15) is 5.82 Å². The molecule has 20 heavy (non-hydrogen) atoms. The van der Waals surface area contributed by atoms with Crippen LogP contribution in [-0.2, 0) is 6.54 Å². The molecule has 2 aromatic rings. The van der Waals surface area contributed by atoms with Gasteiger partial charge in [-0.2, -0.15) is 0 Å². The van der Waals surface area contributed by atoms with Crippen molar-refractivity contribution in [2.24, 2.45) is 0 Å². The Morgan fingerprint density at radius 3 is 2.75 bits per heavy atom. The van der Waals surface area contributed by atoms with E-state index in [1.807, 2.05) is 13.0 Å². The standard InChI is InChI=1S/C14H12N4O2/c1-8-15-5-4-10(17-8)7-16-9-2-3-11-12(6-9)14(20)18-13(11)19/h2-6,16H,7H2,1H3,(H,18,19,20). The fraction of sp³-hybridized carbons (Fsp3) is 0.143. The number of aryl methyl sites for hydroxylation is 1. The monoisotopic (exact) mass is 268 g/mol. The van der Waals surface area contributed by atoms with Gasteiger partial charge in [0.15, 0.2) is 0 Å². The molecule has 1 aliphatic heterocycles. The molecule has 3 rings (SSSR count). The molecular weight excluding hydrogens is 256 g/mol. The van der Waals surface area contributed by atoms with E-state index >= 15 is 0 Å². The third kappa shape index (κ3) is 2.23. The normalized spacial score (nSPS) is 13.1. The topological polar surface area (TPSA) is 84.0 Å². The molecule has 1 aromatic heterocycles. The van der Waals surface area contributed by atoms with Crippen LogP contribution in [0.2, 0.25) is 0 Å². The number of nitrogens with one attached hydrogen (secondary N) is 2. The van der Waals surface area contributed by atoms with Crippen molar-refractivity contribution in [1.82, 2.24) is 15.3 Å². The Morgan fingerprint density at radius 1 is 1.15 bits per heavy atom. The average molecular weight is 268 g/mol. The highest BCUT2D eigenvalue weighted by molar-refractivity contribution is 6.21. The van der Waals surface area contributed by atoms with Crippen LogP contribution in [0.4, 0.5) is 5.69 Å². The summed E-state index contributed by atoms with van der Waals surface area (Å²) in [6.45, 7) is 2.35. The number of fused-ring (bicyclic) bond motifs is 1. The smallest absolute Gasteiger partial charge is 0.259 e. The van der Waals surface area contributed by atoms with Crippen molar-refractivity contribution in [3.05, 3.63) is 53.1 Å². The Bertz CT molecular complexity index is 712. The third-order valence-electron chi connectivity index (χ3n) is 3.04. The summed E-state index contributed by atoms with van der Waals surface area (Å²) in [5.41, 5.74) is 2.45. The van der Waals surface area contributed by atoms with Crippen molar-refractivity contribution >= 4 is 17.5 Å². The molecule has 0 aliphatic carbocycles. The number of carbonyl (C=O) groups is 2. The van der Waals surface area contributed by atoms with Gasteiger partial charge in [-0.15, -0.1) is 0 Å². The zero-order valence-electron chi connectivity index (χ0n) is 10.8. The Morgan fingerprint density at radius 2 is 1.95 bits per heavy atom. The van der Waals surface area contributed by atoms with E-state index in [1.165, 1.54) is 0 Å². The first kappa shape index (κ1) is 12.3. The van der Waals surface area contributed by atoms with Crippen LogP contribution in [0.3, 0.4) is 0 Å². The molecule has 0 spiro atoms. The summed E-state index contributed by atoms with van der Waals surface area (Å²) >= 11 is 0. The van der Waals surface area contributed by atoms with Crippen molar-refractivity contribution in [3.63, 3.8) is 0 Å². The van der Waals surface area contributed by atoms with Crippen LogP contribution in [0.1, 0.15) is 32.2 Å². The zero-order valence-corrected chi connectivity index (χ0v) is 10.8. The molecule has 2 heterocycles. The number of anilines is 1. The highest BCUT2D eigenvalue weighted by Gasteiger charge is 2.26. The van der Waals surface area contributed by atoms with Crippen LogP contribution in [0.25, 0.3) is 0 Å². The summed E-state index contributed by atoms with van der Waals surface area (Å²) in [5.74, 6) is 0.0118. The first-order valence-electron chi connectivity index (χ1n) is 6.15. The highest BCUT2D eigenvalue weighted by Crippen LogP contribution is 2.20. The molecule has 6 heteroatoms. The number of benzene rings is 1. The van der Waals surface area contributed by atoms with E-state index in [1.54, 1.807) is 24.4 Å². The first-order chi connectivity index (χ1) is 9.63. The molecule has 100 valence electrons. The van der Waals surface area contributed by atoms with Crippen LogP contribution < -0.4 is 10.6 Å². The van der Waals surface area contributed by atoms with Crippen LogP contribution in [0.5, 0.6) is 0 Å². The minimum atomic E-state index is -0.355. The van der Waals surface area contributed by atoms with E-state index < -0.39 is 0 Å². The molecule has 6 nitrogen and oxygen atoms in total. The SMILES string of the molecule is Cc1nccc(CNc2ccc3c(c2)C(=O)NC3=O)n1. The van der Waals surface area contributed by atoms with Crippen molar-refractivity contribution < 1.29 is 9.59 Å². The molecule has 2 N–H and O–H groups in total. The summed E-state index contributed by atoms with van der Waals surface area (Å²) < 4.78 is 0. The number of hydrogen-bond acceptors (Lipinski definition) is 5. The van der Waals surface area contributed by atoms with Gasteiger partial charge in [-0.05, 0) is 31.2 Å². The number of carbonyl (C=O) groups excluding carboxylic acids is 2. The van der Waals surface area contributed by atoms with Gasteiger partial charge >= 0.3 is 0 Å². The fourth-order valence-electron chi connectivity index (χ4n) is 2.07. The molecule has 0 bridgehead atoms. The van der Waals surface area contributed by atoms with Gasteiger partial charge < -0.3 is 5.32 Å². The van der Waals surface area contributed by atoms with Gasteiger partial charge in [0.05, 0.1) is 23.4 Å². The van der Waals surface area contributed by atoms with Crippen molar-refractivity contribution in [1.29, 1.82) is 0 Å². The Balaban J connectivity index is 1.78. The molecule has 0 saturated heterocycles. The average Bonchev–Trinajstić information content (AvgIpc) is 2.72. The predicted molar refractivity (Wildman–Crippen MR) is 72.3 cm³/mol. The summed E-state index contributed by atoms with van der Waals surface area (Å²) in [6.07, 6.45) is 1.70. The number of imide groups is 1. The number of nitrogens with zero attached hydrogens (tertiary/aromatic N) is 2. The maximum Gasteiger partial charge on any atom is 0.259 e. The molecule has 2 amide bonds. The molecular formula is C14H12N4O2. The van der Waals surface area contributed by atoms with Crippen LogP contribution in [0.15, 0.2) is 30.5 Å². The molecule has 0 unspecified atom stereocenters. The summed E-state index contributed by atoms with van der Waals surface area (Å²) in [6, 6.07) is 6.90. The van der Waals surface area contributed by atoms with E-state index in [4.69, 9.17) is 0 Å².